The molecule has 0 N–H and O–H groups in total. The van der Waals surface area contributed by atoms with Gasteiger partial charge in [0.1, 0.15) is 5.01 Å². The van der Waals surface area contributed by atoms with Crippen LogP contribution in [0.2, 0.25) is 0 Å². The number of hydrogen-bond acceptors (Lipinski definition) is 5. The highest BCUT2D eigenvalue weighted by Crippen LogP contribution is 2.15. The monoisotopic (exact) mass is 300 g/mol. The molecule has 0 fully saturated rings. The lowest BCUT2D eigenvalue weighted by Crippen LogP contribution is -2.21. The molecule has 21 heavy (non-hydrogen) atoms. The van der Waals surface area contributed by atoms with Crippen molar-refractivity contribution in [2.75, 3.05) is 11.9 Å². The Bertz CT molecular complexity index is 809. The van der Waals surface area contributed by atoms with Gasteiger partial charge in [-0.2, -0.15) is 9.61 Å². The van der Waals surface area contributed by atoms with Crippen LogP contribution in [-0.4, -0.2) is 21.6 Å². The summed E-state index contributed by atoms with van der Waals surface area (Å²) in [6, 6.07) is 11.6. The minimum atomic E-state index is -0.118. The number of rotatable bonds is 4. The molecule has 3 rings (SSSR count). The minimum absolute atomic E-state index is 0.118. The van der Waals surface area contributed by atoms with Crippen LogP contribution in [0, 0.1) is 0 Å². The van der Waals surface area contributed by atoms with Crippen molar-refractivity contribution in [1.82, 2.24) is 14.6 Å². The lowest BCUT2D eigenvalue weighted by Gasteiger charge is -2.18. The van der Waals surface area contributed by atoms with Crippen LogP contribution < -0.4 is 10.5 Å². The van der Waals surface area contributed by atoms with E-state index in [4.69, 9.17) is 0 Å². The lowest BCUT2D eigenvalue weighted by atomic mass is 10.3. The molecule has 0 saturated carbocycles. The number of fused-ring (bicyclic) bond motifs is 1. The molecule has 2 aromatic heterocycles. The number of benzene rings is 1. The largest absolute Gasteiger partial charge is 0.369 e. The fraction of sp³-hybridized carbons (Fsp3) is 0.267. The topological polar surface area (TPSA) is 50.5 Å². The van der Waals surface area contributed by atoms with Gasteiger partial charge in [-0.25, -0.2) is 4.98 Å². The number of anilines is 1. The molecule has 6 heteroatoms. The van der Waals surface area contributed by atoms with Crippen molar-refractivity contribution < 1.29 is 0 Å². The van der Waals surface area contributed by atoms with Crippen LogP contribution >= 0.6 is 11.3 Å². The molecule has 0 radical (unpaired) electrons. The molecular formula is C15H16N4OS. The predicted molar refractivity (Wildman–Crippen MR) is 85.1 cm³/mol. The molecule has 0 saturated heterocycles. The van der Waals surface area contributed by atoms with Crippen molar-refractivity contribution in [3.05, 3.63) is 57.5 Å². The van der Waals surface area contributed by atoms with E-state index in [2.05, 4.69) is 15.0 Å². The zero-order valence-corrected chi connectivity index (χ0v) is 12.8. The Morgan fingerprint density at radius 2 is 2.05 bits per heavy atom. The summed E-state index contributed by atoms with van der Waals surface area (Å²) in [5.74, 6) is 0. The van der Waals surface area contributed by atoms with Crippen molar-refractivity contribution in [1.29, 1.82) is 0 Å². The van der Waals surface area contributed by atoms with Crippen LogP contribution in [0.4, 0.5) is 5.69 Å². The van der Waals surface area contributed by atoms with Gasteiger partial charge in [0, 0.05) is 18.8 Å². The third-order valence-electron chi connectivity index (χ3n) is 3.24. The van der Waals surface area contributed by atoms with Gasteiger partial charge in [-0.3, -0.25) is 4.79 Å². The Labute approximate surface area is 126 Å². The van der Waals surface area contributed by atoms with Gasteiger partial charge >= 0.3 is 0 Å². The molecule has 108 valence electrons. The highest BCUT2D eigenvalue weighted by molar-refractivity contribution is 7.16. The van der Waals surface area contributed by atoms with Crippen molar-refractivity contribution in [3.63, 3.8) is 0 Å². The second-order valence-electron chi connectivity index (χ2n) is 4.82. The molecule has 1 aromatic carbocycles. The quantitative estimate of drug-likeness (QED) is 0.742. The molecule has 0 aliphatic heterocycles. The summed E-state index contributed by atoms with van der Waals surface area (Å²) in [6.07, 6.45) is 0.812. The summed E-state index contributed by atoms with van der Waals surface area (Å²) in [7, 11) is 1.99. The standard InChI is InChI=1S/C15H16N4OS/c1-3-13-17-19-14(20)9-11(16-15(19)21-13)10-18(2)12-7-5-4-6-8-12/h4-9H,3,10H2,1-2H3. The Kier molecular flexibility index (Phi) is 3.70. The van der Waals surface area contributed by atoms with Crippen molar-refractivity contribution in [2.45, 2.75) is 19.9 Å². The molecule has 0 spiro atoms. The summed E-state index contributed by atoms with van der Waals surface area (Å²) < 4.78 is 1.38. The number of aromatic nitrogens is 3. The fourth-order valence-electron chi connectivity index (χ4n) is 2.14. The Morgan fingerprint density at radius 1 is 1.29 bits per heavy atom. The van der Waals surface area contributed by atoms with Crippen LogP contribution in [0.3, 0.4) is 0 Å². The average molecular weight is 300 g/mol. The molecule has 0 amide bonds. The Balaban J connectivity index is 1.92. The first-order chi connectivity index (χ1) is 10.2. The summed E-state index contributed by atoms with van der Waals surface area (Å²) in [4.78, 5) is 19.4. The summed E-state index contributed by atoms with van der Waals surface area (Å²) in [5.41, 5.74) is 1.74. The fourth-order valence-corrected chi connectivity index (χ4v) is 2.99. The normalized spacial score (nSPS) is 11.0. The van der Waals surface area contributed by atoms with Gasteiger partial charge in [-0.05, 0) is 18.6 Å². The first kappa shape index (κ1) is 13.8. The van der Waals surface area contributed by atoms with E-state index < -0.39 is 0 Å². The molecule has 0 aliphatic rings. The number of nitrogens with zero attached hydrogens (tertiary/aromatic N) is 4. The maximum atomic E-state index is 12.1. The number of para-hydroxylation sites is 1. The van der Waals surface area contributed by atoms with E-state index in [9.17, 15) is 4.79 Å². The highest BCUT2D eigenvalue weighted by atomic mass is 32.1. The molecule has 5 nitrogen and oxygen atoms in total. The predicted octanol–water partition coefficient (Wildman–Crippen LogP) is 2.35. The van der Waals surface area contributed by atoms with E-state index in [1.54, 1.807) is 6.07 Å². The van der Waals surface area contributed by atoms with Gasteiger partial charge < -0.3 is 4.90 Å². The minimum Gasteiger partial charge on any atom is -0.369 e. The van der Waals surface area contributed by atoms with Gasteiger partial charge in [-0.1, -0.05) is 36.5 Å². The zero-order valence-electron chi connectivity index (χ0n) is 12.0. The molecule has 0 unspecified atom stereocenters. The third kappa shape index (κ3) is 2.80. The smallest absolute Gasteiger partial charge is 0.275 e. The first-order valence-electron chi connectivity index (χ1n) is 6.82. The molecule has 3 aromatic rings. The van der Waals surface area contributed by atoms with Crippen LogP contribution in [0.15, 0.2) is 41.2 Å². The SMILES string of the molecule is CCc1nn2c(=O)cc(CN(C)c3ccccc3)nc2s1. The van der Waals surface area contributed by atoms with Crippen LogP contribution in [0.5, 0.6) is 0 Å². The van der Waals surface area contributed by atoms with E-state index in [1.807, 2.05) is 44.3 Å². The van der Waals surface area contributed by atoms with Crippen LogP contribution in [0.25, 0.3) is 4.96 Å². The molecule has 2 heterocycles. The van der Waals surface area contributed by atoms with Gasteiger partial charge in [0.25, 0.3) is 5.56 Å². The van der Waals surface area contributed by atoms with Crippen molar-refractivity contribution >= 4 is 22.0 Å². The second kappa shape index (κ2) is 5.65. The second-order valence-corrected chi connectivity index (χ2v) is 5.86. The Hall–Kier alpha value is -2.21. The van der Waals surface area contributed by atoms with E-state index in [0.29, 0.717) is 11.5 Å². The van der Waals surface area contributed by atoms with Gasteiger partial charge in [0.05, 0.1) is 12.2 Å². The van der Waals surface area contributed by atoms with Gasteiger partial charge in [-0.15, -0.1) is 0 Å². The summed E-state index contributed by atoms with van der Waals surface area (Å²) in [5, 5.41) is 5.18. The maximum absolute atomic E-state index is 12.1. The van der Waals surface area contributed by atoms with Gasteiger partial charge in [0.2, 0.25) is 4.96 Å². The van der Waals surface area contributed by atoms with E-state index >= 15 is 0 Å². The maximum Gasteiger partial charge on any atom is 0.275 e. The third-order valence-corrected chi connectivity index (χ3v) is 4.29. The average Bonchev–Trinajstić information content (AvgIpc) is 2.92. The molecular weight excluding hydrogens is 284 g/mol. The molecule has 0 bridgehead atoms. The lowest BCUT2D eigenvalue weighted by molar-refractivity contribution is 0.825. The highest BCUT2D eigenvalue weighted by Gasteiger charge is 2.09. The first-order valence-corrected chi connectivity index (χ1v) is 7.64. The van der Waals surface area contributed by atoms with E-state index in [1.165, 1.54) is 15.9 Å². The van der Waals surface area contributed by atoms with E-state index in [-0.39, 0.29) is 5.56 Å². The Morgan fingerprint density at radius 3 is 2.76 bits per heavy atom. The van der Waals surface area contributed by atoms with Crippen LogP contribution in [-0.2, 0) is 13.0 Å². The summed E-state index contributed by atoms with van der Waals surface area (Å²) in [6.45, 7) is 2.61. The molecule has 0 aliphatic carbocycles. The number of hydrogen-bond donors (Lipinski definition) is 0. The van der Waals surface area contributed by atoms with Crippen molar-refractivity contribution in [2.24, 2.45) is 0 Å². The van der Waals surface area contributed by atoms with E-state index in [0.717, 1.165) is 22.8 Å². The molecule has 0 atom stereocenters. The zero-order chi connectivity index (χ0) is 14.8. The van der Waals surface area contributed by atoms with Crippen LogP contribution in [0.1, 0.15) is 17.6 Å². The van der Waals surface area contributed by atoms with Gasteiger partial charge in [0.15, 0.2) is 0 Å². The number of aryl methyl sites for hydroxylation is 1. The van der Waals surface area contributed by atoms with Crippen molar-refractivity contribution in [3.8, 4) is 0 Å². The summed E-state index contributed by atoms with van der Waals surface area (Å²) >= 11 is 1.47.